The number of rotatable bonds is 7. The second-order valence-corrected chi connectivity index (χ2v) is 10.8. The highest BCUT2D eigenvalue weighted by Crippen LogP contribution is 2.40. The fourth-order valence-corrected chi connectivity index (χ4v) is 6.41. The first kappa shape index (κ1) is 26.0. The van der Waals surface area contributed by atoms with Crippen molar-refractivity contribution in [3.63, 3.8) is 0 Å². The molecule has 12 heteroatoms. The van der Waals surface area contributed by atoms with Crippen molar-refractivity contribution in [1.29, 1.82) is 0 Å². The number of oxime groups is 1. The second-order valence-electron chi connectivity index (χ2n) is 8.67. The molecule has 37 heavy (non-hydrogen) atoms. The van der Waals surface area contributed by atoms with Gasteiger partial charge in [-0.05, 0) is 31.0 Å². The molecule has 8 nitrogen and oxygen atoms in total. The predicted molar refractivity (Wildman–Crippen MR) is 143 cm³/mol. The zero-order chi connectivity index (χ0) is 25.9. The molecule has 0 aliphatic carbocycles. The quantitative estimate of drug-likeness (QED) is 0.332. The lowest BCUT2D eigenvalue weighted by Crippen LogP contribution is -2.40. The Morgan fingerprint density at radius 2 is 1.95 bits per heavy atom. The van der Waals surface area contributed by atoms with Crippen LogP contribution in [0.25, 0.3) is 0 Å². The highest BCUT2D eigenvalue weighted by Gasteiger charge is 2.31. The number of carbonyl (C=O) groups excluding carboxylic acids is 1. The van der Waals surface area contributed by atoms with Crippen molar-refractivity contribution in [3.8, 4) is 11.6 Å². The van der Waals surface area contributed by atoms with E-state index in [0.29, 0.717) is 51.8 Å². The van der Waals surface area contributed by atoms with E-state index in [1.807, 2.05) is 10.3 Å². The number of ether oxygens (including phenoxy) is 2. The van der Waals surface area contributed by atoms with Gasteiger partial charge in [-0.2, -0.15) is 0 Å². The SMILES string of the molecule is COc1ccnc(OCC(=O)N2CCC(c3nc(C4=NOC(c5c(Cl)cc(Cl)cc5Cl)C4)cs3)CC2)c1. The largest absolute Gasteiger partial charge is 0.497 e. The molecule has 4 heterocycles. The maximum absolute atomic E-state index is 12.6. The fraction of sp³-hybridized carbons (Fsp3) is 0.360. The van der Waals surface area contributed by atoms with E-state index >= 15 is 0 Å². The second kappa shape index (κ2) is 11.4. The molecule has 194 valence electrons. The molecule has 0 spiro atoms. The van der Waals surface area contributed by atoms with Crippen molar-refractivity contribution in [2.75, 3.05) is 26.8 Å². The fourth-order valence-electron chi connectivity index (χ4n) is 4.35. The van der Waals surface area contributed by atoms with E-state index in [4.69, 9.17) is 54.1 Å². The van der Waals surface area contributed by atoms with E-state index in [1.54, 1.807) is 48.9 Å². The predicted octanol–water partition coefficient (Wildman–Crippen LogP) is 6.16. The zero-order valence-corrected chi connectivity index (χ0v) is 22.9. The number of amides is 1. The summed E-state index contributed by atoms with van der Waals surface area (Å²) < 4.78 is 10.7. The summed E-state index contributed by atoms with van der Waals surface area (Å²) >= 11 is 20.3. The lowest BCUT2D eigenvalue weighted by molar-refractivity contribution is -0.134. The molecule has 5 rings (SSSR count). The summed E-state index contributed by atoms with van der Waals surface area (Å²) in [5.41, 5.74) is 2.22. The van der Waals surface area contributed by atoms with Crippen molar-refractivity contribution in [2.24, 2.45) is 5.16 Å². The average molecular weight is 582 g/mol. The average Bonchev–Trinajstić information content (AvgIpc) is 3.57. The number of piperidine rings is 1. The molecule has 0 saturated carbocycles. The van der Waals surface area contributed by atoms with Crippen molar-refractivity contribution in [3.05, 3.63) is 67.2 Å². The van der Waals surface area contributed by atoms with E-state index in [0.717, 1.165) is 29.3 Å². The standard InChI is InChI=1S/C25H23Cl3N4O4S/c1-34-16-2-5-29-22(10-16)35-12-23(33)32-6-3-14(4-7-32)25-30-20(13-37-25)19-11-21(36-31-19)24-17(27)8-15(26)9-18(24)28/h2,5,8-10,13-14,21H,3-4,6-7,11-12H2,1H3. The normalized spacial score (nSPS) is 17.9. The first-order valence-electron chi connectivity index (χ1n) is 11.6. The molecule has 1 aromatic carbocycles. The Morgan fingerprint density at radius 3 is 2.68 bits per heavy atom. The summed E-state index contributed by atoms with van der Waals surface area (Å²) in [6.45, 7) is 1.23. The summed E-state index contributed by atoms with van der Waals surface area (Å²) in [6, 6.07) is 6.66. The summed E-state index contributed by atoms with van der Waals surface area (Å²) in [7, 11) is 1.57. The van der Waals surface area contributed by atoms with Crippen LogP contribution in [0.1, 0.15) is 47.5 Å². The number of hydrogen-bond acceptors (Lipinski definition) is 8. The molecule has 0 radical (unpaired) electrons. The van der Waals surface area contributed by atoms with Gasteiger partial charge in [0.15, 0.2) is 12.7 Å². The molecule has 1 fully saturated rings. The first-order valence-corrected chi connectivity index (χ1v) is 13.7. The summed E-state index contributed by atoms with van der Waals surface area (Å²) in [5.74, 6) is 1.21. The van der Waals surface area contributed by atoms with Gasteiger partial charge in [0.1, 0.15) is 11.5 Å². The third-order valence-electron chi connectivity index (χ3n) is 6.33. The molecule has 0 N–H and O–H groups in total. The van der Waals surface area contributed by atoms with Gasteiger partial charge in [0, 0.05) is 53.7 Å². The van der Waals surface area contributed by atoms with Crippen LogP contribution in [0, 0.1) is 0 Å². The molecule has 1 atom stereocenters. The Balaban J connectivity index is 1.13. The van der Waals surface area contributed by atoms with Crippen LogP contribution in [-0.2, 0) is 9.63 Å². The molecule has 2 aliphatic heterocycles. The molecule has 2 aromatic heterocycles. The Morgan fingerprint density at radius 1 is 1.19 bits per heavy atom. The minimum Gasteiger partial charge on any atom is -0.497 e. The monoisotopic (exact) mass is 580 g/mol. The minimum atomic E-state index is -0.388. The van der Waals surface area contributed by atoms with Gasteiger partial charge in [0.05, 0.1) is 27.9 Å². The van der Waals surface area contributed by atoms with Crippen LogP contribution in [0.5, 0.6) is 11.6 Å². The highest BCUT2D eigenvalue weighted by molar-refractivity contribution is 7.10. The van der Waals surface area contributed by atoms with E-state index in [1.165, 1.54) is 0 Å². The highest BCUT2D eigenvalue weighted by atomic mass is 35.5. The number of nitrogens with zero attached hydrogens (tertiary/aromatic N) is 4. The van der Waals surface area contributed by atoms with Gasteiger partial charge in [-0.1, -0.05) is 40.0 Å². The molecule has 1 amide bonds. The van der Waals surface area contributed by atoms with Gasteiger partial charge in [0.2, 0.25) is 5.88 Å². The van der Waals surface area contributed by atoms with Crippen LogP contribution < -0.4 is 9.47 Å². The number of hydrogen-bond donors (Lipinski definition) is 0. The Labute approximate surface area is 233 Å². The number of halogens is 3. The van der Waals surface area contributed by atoms with Gasteiger partial charge < -0.3 is 19.2 Å². The van der Waals surface area contributed by atoms with Gasteiger partial charge >= 0.3 is 0 Å². The van der Waals surface area contributed by atoms with Crippen LogP contribution in [0.15, 0.2) is 41.0 Å². The molecule has 3 aromatic rings. The van der Waals surface area contributed by atoms with Crippen LogP contribution in [-0.4, -0.2) is 53.3 Å². The first-order chi connectivity index (χ1) is 17.9. The number of benzene rings is 1. The number of pyridine rings is 1. The van der Waals surface area contributed by atoms with Crippen molar-refractivity contribution >= 4 is 57.8 Å². The Bertz CT molecular complexity index is 1300. The van der Waals surface area contributed by atoms with Crippen LogP contribution in [0.2, 0.25) is 15.1 Å². The van der Waals surface area contributed by atoms with Gasteiger partial charge in [-0.25, -0.2) is 9.97 Å². The van der Waals surface area contributed by atoms with Crippen LogP contribution in [0.3, 0.4) is 0 Å². The third-order valence-corrected chi connectivity index (χ3v) is 8.19. The smallest absolute Gasteiger partial charge is 0.260 e. The van der Waals surface area contributed by atoms with Crippen molar-refractivity contribution < 1.29 is 19.1 Å². The van der Waals surface area contributed by atoms with Crippen LogP contribution in [0.4, 0.5) is 0 Å². The Hall–Kier alpha value is -2.59. The molecule has 1 saturated heterocycles. The van der Waals surface area contributed by atoms with Gasteiger partial charge in [-0.15, -0.1) is 11.3 Å². The van der Waals surface area contributed by atoms with Crippen molar-refractivity contribution in [2.45, 2.75) is 31.3 Å². The van der Waals surface area contributed by atoms with Crippen molar-refractivity contribution in [1.82, 2.24) is 14.9 Å². The summed E-state index contributed by atoms with van der Waals surface area (Å²) in [4.78, 5) is 29.0. The van der Waals surface area contributed by atoms with Gasteiger partial charge in [0.25, 0.3) is 5.91 Å². The lowest BCUT2D eigenvalue weighted by atomic mass is 9.97. The maximum Gasteiger partial charge on any atom is 0.260 e. The molecule has 0 bridgehead atoms. The number of likely N-dealkylation sites (tertiary alicyclic amines) is 1. The van der Waals surface area contributed by atoms with E-state index < -0.39 is 0 Å². The minimum absolute atomic E-state index is 0.0606. The van der Waals surface area contributed by atoms with E-state index in [9.17, 15) is 4.79 Å². The Kier molecular flexibility index (Phi) is 8.04. The summed E-state index contributed by atoms with van der Waals surface area (Å²) in [6.07, 6.45) is 3.37. The molecule has 2 aliphatic rings. The number of methoxy groups -OCH3 is 1. The topological polar surface area (TPSA) is 86.1 Å². The lowest BCUT2D eigenvalue weighted by Gasteiger charge is -2.31. The zero-order valence-electron chi connectivity index (χ0n) is 19.8. The third kappa shape index (κ3) is 5.95. The molecular formula is C25H23Cl3N4O4S. The van der Waals surface area contributed by atoms with Gasteiger partial charge in [-0.3, -0.25) is 4.79 Å². The molecular weight excluding hydrogens is 559 g/mol. The molecule has 1 unspecified atom stereocenters. The number of aromatic nitrogens is 2. The van der Waals surface area contributed by atoms with E-state index in [2.05, 4.69) is 10.1 Å². The number of thiazole rings is 1. The number of carbonyl (C=O) groups is 1. The van der Waals surface area contributed by atoms with E-state index in [-0.39, 0.29) is 24.5 Å². The van der Waals surface area contributed by atoms with Crippen LogP contribution >= 0.6 is 46.1 Å². The maximum atomic E-state index is 12.6. The summed E-state index contributed by atoms with van der Waals surface area (Å²) in [5, 5.41) is 8.65.